The van der Waals surface area contributed by atoms with Gasteiger partial charge in [0, 0.05) is 24.4 Å². The number of rotatable bonds is 5. The van der Waals surface area contributed by atoms with Gasteiger partial charge >= 0.3 is 5.97 Å². The predicted octanol–water partition coefficient (Wildman–Crippen LogP) is 1.03. The van der Waals surface area contributed by atoms with E-state index in [1.165, 1.54) is 6.08 Å². The zero-order valence-corrected chi connectivity index (χ0v) is 11.9. The maximum Gasteiger partial charge on any atom is 0.326 e. The molecule has 0 bridgehead atoms. The Kier molecular flexibility index (Phi) is 3.92. The lowest BCUT2D eigenvalue weighted by atomic mass is 10.1. The standard InChI is InChI=1S/C14H19N3O3/c1-8-11(9(2)17(3)16-8)6-7-12(18)15-13(14(19)20)10-4-5-10/h6-7,10,13H,4-5H2,1-3H3,(H,15,18)(H,19,20). The maximum absolute atomic E-state index is 11.8. The highest BCUT2D eigenvalue weighted by Gasteiger charge is 2.36. The molecule has 0 spiro atoms. The number of nitrogens with zero attached hydrogens (tertiary/aromatic N) is 2. The van der Waals surface area contributed by atoms with Crippen LogP contribution < -0.4 is 5.32 Å². The number of carboxylic acid groups (broad SMARTS) is 1. The third-order valence-electron chi connectivity index (χ3n) is 3.62. The molecule has 1 aromatic heterocycles. The minimum atomic E-state index is -0.969. The fourth-order valence-electron chi connectivity index (χ4n) is 2.20. The number of hydrogen-bond acceptors (Lipinski definition) is 3. The molecule has 6 heteroatoms. The van der Waals surface area contributed by atoms with E-state index in [4.69, 9.17) is 5.11 Å². The van der Waals surface area contributed by atoms with Crippen molar-refractivity contribution < 1.29 is 14.7 Å². The van der Waals surface area contributed by atoms with E-state index in [1.807, 2.05) is 20.9 Å². The van der Waals surface area contributed by atoms with Crippen molar-refractivity contribution in [3.05, 3.63) is 23.0 Å². The van der Waals surface area contributed by atoms with Crippen molar-refractivity contribution >= 4 is 18.0 Å². The number of aromatic nitrogens is 2. The lowest BCUT2D eigenvalue weighted by molar-refractivity contribution is -0.141. The van der Waals surface area contributed by atoms with Gasteiger partial charge < -0.3 is 10.4 Å². The first-order valence-corrected chi connectivity index (χ1v) is 6.61. The average Bonchev–Trinajstić information content (AvgIpc) is 3.15. The molecule has 2 N–H and O–H groups in total. The molecule has 1 aliphatic rings. The van der Waals surface area contributed by atoms with Gasteiger partial charge in [0.05, 0.1) is 5.69 Å². The van der Waals surface area contributed by atoms with Crippen molar-refractivity contribution in [3.63, 3.8) is 0 Å². The van der Waals surface area contributed by atoms with Gasteiger partial charge in [0.1, 0.15) is 6.04 Å². The Labute approximate surface area is 117 Å². The Bertz CT molecular complexity index is 570. The van der Waals surface area contributed by atoms with Crippen LogP contribution in [0.1, 0.15) is 29.8 Å². The molecule has 0 radical (unpaired) electrons. The zero-order valence-electron chi connectivity index (χ0n) is 11.9. The monoisotopic (exact) mass is 277 g/mol. The average molecular weight is 277 g/mol. The number of carbonyl (C=O) groups is 2. The number of carboxylic acids is 1. The van der Waals surface area contributed by atoms with Crippen LogP contribution in [0.2, 0.25) is 0 Å². The third kappa shape index (κ3) is 3.07. The van der Waals surface area contributed by atoms with E-state index in [0.717, 1.165) is 29.8 Å². The van der Waals surface area contributed by atoms with Gasteiger partial charge in [0.2, 0.25) is 5.91 Å². The van der Waals surface area contributed by atoms with Crippen molar-refractivity contribution in [3.8, 4) is 0 Å². The molecule has 6 nitrogen and oxygen atoms in total. The summed E-state index contributed by atoms with van der Waals surface area (Å²) in [4.78, 5) is 22.9. The van der Waals surface area contributed by atoms with Gasteiger partial charge in [-0.2, -0.15) is 5.10 Å². The second-order valence-corrected chi connectivity index (χ2v) is 5.20. The van der Waals surface area contributed by atoms with Gasteiger partial charge in [-0.1, -0.05) is 0 Å². The maximum atomic E-state index is 11.8. The normalized spacial score (nSPS) is 16.4. The van der Waals surface area contributed by atoms with E-state index in [9.17, 15) is 9.59 Å². The summed E-state index contributed by atoms with van der Waals surface area (Å²) in [7, 11) is 1.84. The minimum absolute atomic E-state index is 0.0757. The van der Waals surface area contributed by atoms with Gasteiger partial charge in [-0.05, 0) is 38.7 Å². The summed E-state index contributed by atoms with van der Waals surface area (Å²) in [6.45, 7) is 3.79. The first kappa shape index (κ1) is 14.3. The predicted molar refractivity (Wildman–Crippen MR) is 74.0 cm³/mol. The molecular weight excluding hydrogens is 258 g/mol. The molecule has 1 saturated carbocycles. The number of aliphatic carboxylic acids is 1. The van der Waals surface area contributed by atoms with Gasteiger partial charge in [-0.15, -0.1) is 0 Å². The molecule has 2 rings (SSSR count). The third-order valence-corrected chi connectivity index (χ3v) is 3.62. The molecule has 108 valence electrons. The first-order valence-electron chi connectivity index (χ1n) is 6.61. The van der Waals surface area contributed by atoms with Crippen LogP contribution in [0.25, 0.3) is 6.08 Å². The summed E-state index contributed by atoms with van der Waals surface area (Å²) in [6.07, 6.45) is 4.78. The summed E-state index contributed by atoms with van der Waals surface area (Å²) in [5.74, 6) is -1.28. The van der Waals surface area contributed by atoms with Gasteiger partial charge in [0.25, 0.3) is 0 Å². The highest BCUT2D eigenvalue weighted by molar-refractivity contribution is 5.94. The molecule has 1 atom stereocenters. The molecule has 1 fully saturated rings. The highest BCUT2D eigenvalue weighted by atomic mass is 16.4. The minimum Gasteiger partial charge on any atom is -0.480 e. The summed E-state index contributed by atoms with van der Waals surface area (Å²) >= 11 is 0. The van der Waals surface area contributed by atoms with Crippen LogP contribution in [-0.2, 0) is 16.6 Å². The molecule has 1 aliphatic carbocycles. The van der Waals surface area contributed by atoms with Crippen molar-refractivity contribution in [2.24, 2.45) is 13.0 Å². The summed E-state index contributed by atoms with van der Waals surface area (Å²) in [5, 5.41) is 15.9. The van der Waals surface area contributed by atoms with E-state index >= 15 is 0 Å². The highest BCUT2D eigenvalue weighted by Crippen LogP contribution is 2.32. The topological polar surface area (TPSA) is 84.2 Å². The molecule has 1 aromatic rings. The van der Waals surface area contributed by atoms with E-state index in [2.05, 4.69) is 10.4 Å². The zero-order chi connectivity index (χ0) is 14.9. The molecular formula is C14H19N3O3. The van der Waals surface area contributed by atoms with Gasteiger partial charge in [-0.25, -0.2) is 4.79 Å². The Balaban J connectivity index is 2.03. The van der Waals surface area contributed by atoms with Crippen molar-refractivity contribution in [1.82, 2.24) is 15.1 Å². The van der Waals surface area contributed by atoms with Gasteiger partial charge in [0.15, 0.2) is 0 Å². The fraction of sp³-hybridized carbons (Fsp3) is 0.500. The van der Waals surface area contributed by atoms with Crippen LogP contribution in [-0.4, -0.2) is 32.8 Å². The Morgan fingerprint density at radius 3 is 2.55 bits per heavy atom. The second-order valence-electron chi connectivity index (χ2n) is 5.20. The number of carbonyl (C=O) groups excluding carboxylic acids is 1. The summed E-state index contributed by atoms with van der Waals surface area (Å²) < 4.78 is 1.75. The van der Waals surface area contributed by atoms with Crippen molar-refractivity contribution in [1.29, 1.82) is 0 Å². The lowest BCUT2D eigenvalue weighted by Crippen LogP contribution is -2.41. The second kappa shape index (κ2) is 5.48. The molecule has 0 aliphatic heterocycles. The molecule has 0 saturated heterocycles. The Morgan fingerprint density at radius 2 is 2.10 bits per heavy atom. The first-order chi connectivity index (χ1) is 9.40. The fourth-order valence-corrected chi connectivity index (χ4v) is 2.20. The largest absolute Gasteiger partial charge is 0.480 e. The van der Waals surface area contributed by atoms with Crippen LogP contribution in [0.5, 0.6) is 0 Å². The quantitative estimate of drug-likeness (QED) is 0.787. The van der Waals surface area contributed by atoms with Crippen molar-refractivity contribution in [2.45, 2.75) is 32.7 Å². The van der Waals surface area contributed by atoms with Crippen LogP contribution in [0, 0.1) is 19.8 Å². The van der Waals surface area contributed by atoms with Gasteiger partial charge in [-0.3, -0.25) is 9.48 Å². The van der Waals surface area contributed by atoms with Crippen LogP contribution in [0.3, 0.4) is 0 Å². The number of hydrogen-bond donors (Lipinski definition) is 2. The Hall–Kier alpha value is -2.11. The van der Waals surface area contributed by atoms with Crippen LogP contribution >= 0.6 is 0 Å². The van der Waals surface area contributed by atoms with Crippen molar-refractivity contribution in [2.75, 3.05) is 0 Å². The molecule has 20 heavy (non-hydrogen) atoms. The van der Waals surface area contributed by atoms with Crippen LogP contribution in [0.15, 0.2) is 6.08 Å². The molecule has 0 aromatic carbocycles. The molecule has 1 heterocycles. The van der Waals surface area contributed by atoms with Crippen LogP contribution in [0.4, 0.5) is 0 Å². The SMILES string of the molecule is Cc1nn(C)c(C)c1C=CC(=O)NC(C(=O)O)C1CC1. The summed E-state index contributed by atoms with van der Waals surface area (Å²) in [5.41, 5.74) is 2.69. The Morgan fingerprint density at radius 1 is 1.45 bits per heavy atom. The molecule has 1 unspecified atom stereocenters. The van der Waals surface area contributed by atoms with E-state index < -0.39 is 12.0 Å². The van der Waals surface area contributed by atoms with E-state index in [-0.39, 0.29) is 11.8 Å². The number of aryl methyl sites for hydroxylation is 2. The van der Waals surface area contributed by atoms with E-state index in [1.54, 1.807) is 10.8 Å². The summed E-state index contributed by atoms with van der Waals surface area (Å²) in [6, 6.07) is -0.775. The van der Waals surface area contributed by atoms with E-state index in [0.29, 0.717) is 0 Å². The number of amides is 1. The number of nitrogens with one attached hydrogen (secondary N) is 1. The smallest absolute Gasteiger partial charge is 0.326 e. The molecule has 1 amide bonds. The lowest BCUT2D eigenvalue weighted by Gasteiger charge is -2.11.